The summed E-state index contributed by atoms with van der Waals surface area (Å²) in [6.07, 6.45) is 9.59. The maximum absolute atomic E-state index is 15.1. The van der Waals surface area contributed by atoms with Crippen molar-refractivity contribution in [2.75, 3.05) is 13.1 Å². The molecule has 1 heterocycles. The molecule has 0 aliphatic carbocycles. The Bertz CT molecular complexity index is 1160. The van der Waals surface area contributed by atoms with Gasteiger partial charge in [0, 0.05) is 18.0 Å². The van der Waals surface area contributed by atoms with Crippen LogP contribution in [-0.2, 0) is 4.74 Å². The zero-order valence-corrected chi connectivity index (χ0v) is 21.4. The molecule has 0 spiro atoms. The zero-order valence-electron chi connectivity index (χ0n) is 21.4. The lowest BCUT2D eigenvalue weighted by Gasteiger charge is -2.29. The first kappa shape index (κ1) is 27.3. The highest BCUT2D eigenvalue weighted by molar-refractivity contribution is 6.08. The average Bonchev–Trinajstić information content (AvgIpc) is 2.92. The van der Waals surface area contributed by atoms with E-state index in [4.69, 9.17) is 17.3 Å². The number of hydrogen-bond donors (Lipinski definition) is 0. The normalized spacial score (nSPS) is 17.6. The Kier molecular flexibility index (Phi) is 9.73. The summed E-state index contributed by atoms with van der Waals surface area (Å²) in [5.41, 5.74) is 2.84. The summed E-state index contributed by atoms with van der Waals surface area (Å²) in [7, 11) is 5.25. The van der Waals surface area contributed by atoms with Gasteiger partial charge in [0.2, 0.25) is 5.82 Å². The Morgan fingerprint density at radius 2 is 1.57 bits per heavy atom. The third kappa shape index (κ3) is 6.78. The molecule has 0 saturated carbocycles. The first-order chi connectivity index (χ1) is 18.0. The number of benzene rings is 3. The molecule has 3 aromatic rings. The topological polar surface area (TPSA) is 18.5 Å². The Morgan fingerprint density at radius 1 is 0.838 bits per heavy atom. The van der Waals surface area contributed by atoms with Crippen LogP contribution in [0.15, 0.2) is 54.6 Å². The molecular weight excluding hydrogens is 472 g/mol. The summed E-state index contributed by atoms with van der Waals surface area (Å²) in [4.78, 5) is 0. The molecule has 194 valence electrons. The van der Waals surface area contributed by atoms with Crippen LogP contribution < -0.4 is 4.74 Å². The van der Waals surface area contributed by atoms with Gasteiger partial charge in [-0.2, -0.15) is 4.39 Å². The molecule has 2 atom stereocenters. The van der Waals surface area contributed by atoms with Crippen molar-refractivity contribution in [1.82, 2.24) is 0 Å². The molecule has 37 heavy (non-hydrogen) atoms. The van der Waals surface area contributed by atoms with Crippen LogP contribution in [0.5, 0.6) is 5.75 Å². The molecule has 1 saturated heterocycles. The van der Waals surface area contributed by atoms with Crippen LogP contribution in [0, 0.1) is 17.5 Å². The third-order valence-electron chi connectivity index (χ3n) is 7.26. The Morgan fingerprint density at radius 3 is 2.24 bits per heavy atom. The minimum atomic E-state index is -1.07. The number of rotatable bonds is 11. The zero-order chi connectivity index (χ0) is 26.2. The van der Waals surface area contributed by atoms with Crippen molar-refractivity contribution in [2.45, 2.75) is 70.3 Å². The van der Waals surface area contributed by atoms with E-state index in [0.717, 1.165) is 30.4 Å². The van der Waals surface area contributed by atoms with Crippen LogP contribution in [-0.4, -0.2) is 27.1 Å². The van der Waals surface area contributed by atoms with Crippen LogP contribution in [0.3, 0.4) is 0 Å². The van der Waals surface area contributed by atoms with Crippen molar-refractivity contribution in [3.8, 4) is 28.0 Å². The molecule has 1 aliphatic rings. The fraction of sp³-hybridized carbons (Fsp3) is 0.419. The van der Waals surface area contributed by atoms with Gasteiger partial charge >= 0.3 is 0 Å². The van der Waals surface area contributed by atoms with Gasteiger partial charge in [-0.25, -0.2) is 8.78 Å². The summed E-state index contributed by atoms with van der Waals surface area (Å²) >= 11 is 0. The molecule has 1 fully saturated rings. The summed E-state index contributed by atoms with van der Waals surface area (Å²) in [5.74, 6) is -2.47. The molecule has 2 unspecified atom stereocenters. The fourth-order valence-corrected chi connectivity index (χ4v) is 5.09. The first-order valence-corrected chi connectivity index (χ1v) is 13.3. The second-order valence-corrected chi connectivity index (χ2v) is 9.80. The lowest BCUT2D eigenvalue weighted by atomic mass is 9.88. The van der Waals surface area contributed by atoms with E-state index in [-0.39, 0.29) is 29.6 Å². The molecule has 4 rings (SSSR count). The molecular formula is C31H34BF3O2. The van der Waals surface area contributed by atoms with E-state index in [1.54, 1.807) is 30.3 Å². The summed E-state index contributed by atoms with van der Waals surface area (Å²) in [6.45, 7) is 2.54. The minimum Gasteiger partial charge on any atom is -0.500 e. The van der Waals surface area contributed by atoms with Gasteiger partial charge < -0.3 is 9.47 Å². The van der Waals surface area contributed by atoms with Gasteiger partial charge in [0.15, 0.2) is 11.6 Å². The molecule has 2 radical (unpaired) electrons. The second kappa shape index (κ2) is 13.2. The highest BCUT2D eigenvalue weighted by Crippen LogP contribution is 2.35. The Balaban J connectivity index is 1.38. The third-order valence-corrected chi connectivity index (χ3v) is 7.26. The van der Waals surface area contributed by atoms with Crippen molar-refractivity contribution in [1.29, 1.82) is 0 Å². The largest absolute Gasteiger partial charge is 0.500 e. The molecule has 0 amide bonds. The summed E-state index contributed by atoms with van der Waals surface area (Å²) in [6, 6.07) is 15.1. The van der Waals surface area contributed by atoms with E-state index in [2.05, 4.69) is 6.92 Å². The van der Waals surface area contributed by atoms with Crippen LogP contribution in [0.4, 0.5) is 13.2 Å². The summed E-state index contributed by atoms with van der Waals surface area (Å²) in [5, 5.41) is 0. The Hall–Kier alpha value is -2.73. The van der Waals surface area contributed by atoms with E-state index in [9.17, 15) is 8.78 Å². The maximum Gasteiger partial charge on any atom is 0.201 e. The van der Waals surface area contributed by atoms with E-state index < -0.39 is 11.6 Å². The quantitative estimate of drug-likeness (QED) is 0.192. The van der Waals surface area contributed by atoms with E-state index in [1.807, 2.05) is 12.1 Å². The van der Waals surface area contributed by atoms with Crippen molar-refractivity contribution >= 4 is 7.85 Å². The van der Waals surface area contributed by atoms with Crippen molar-refractivity contribution in [3.63, 3.8) is 0 Å². The monoisotopic (exact) mass is 506 g/mol. The van der Waals surface area contributed by atoms with Gasteiger partial charge in [0.25, 0.3) is 0 Å². The van der Waals surface area contributed by atoms with Crippen LogP contribution in [0.2, 0.25) is 0 Å². The second-order valence-electron chi connectivity index (χ2n) is 9.80. The van der Waals surface area contributed by atoms with Gasteiger partial charge in [-0.05, 0) is 59.7 Å². The van der Waals surface area contributed by atoms with Crippen LogP contribution >= 0.6 is 0 Å². The highest BCUT2D eigenvalue weighted by atomic mass is 19.2. The van der Waals surface area contributed by atoms with Crippen LogP contribution in [0.25, 0.3) is 22.3 Å². The van der Waals surface area contributed by atoms with Gasteiger partial charge in [-0.3, -0.25) is 0 Å². The number of unbranched alkanes of at least 4 members (excludes halogenated alkanes) is 4. The lowest BCUT2D eigenvalue weighted by Crippen LogP contribution is -2.25. The van der Waals surface area contributed by atoms with E-state index in [1.165, 1.54) is 44.2 Å². The van der Waals surface area contributed by atoms with Gasteiger partial charge in [0.1, 0.15) is 13.7 Å². The predicted molar refractivity (Wildman–Crippen MR) is 144 cm³/mol. The predicted octanol–water partition coefficient (Wildman–Crippen LogP) is 8.57. The van der Waals surface area contributed by atoms with Crippen molar-refractivity contribution < 1.29 is 22.6 Å². The van der Waals surface area contributed by atoms with Crippen LogP contribution in [0.1, 0.15) is 69.8 Å². The number of hydrogen-bond acceptors (Lipinski definition) is 2. The van der Waals surface area contributed by atoms with E-state index in [0.29, 0.717) is 23.8 Å². The Labute approximate surface area is 219 Å². The molecule has 0 bridgehead atoms. The number of halogens is 3. The van der Waals surface area contributed by atoms with Crippen molar-refractivity contribution in [3.05, 3.63) is 77.6 Å². The molecule has 1 aliphatic heterocycles. The molecule has 3 aromatic carbocycles. The van der Waals surface area contributed by atoms with E-state index >= 15 is 4.39 Å². The van der Waals surface area contributed by atoms with Gasteiger partial charge in [-0.15, -0.1) is 0 Å². The number of ether oxygens (including phenoxy) is 2. The SMILES string of the molecule is [B]COc1ccc(-c2ccc(-c3ccc(C4CCC(CCCCCCC)OC4)c(F)c3)cc2)c(F)c1F. The molecule has 0 N–H and O–H groups in total. The van der Waals surface area contributed by atoms with Gasteiger partial charge in [0.05, 0.1) is 12.7 Å². The fourth-order valence-electron chi connectivity index (χ4n) is 5.09. The molecule has 2 nitrogen and oxygen atoms in total. The summed E-state index contributed by atoms with van der Waals surface area (Å²) < 4.78 is 54.9. The smallest absolute Gasteiger partial charge is 0.201 e. The lowest BCUT2D eigenvalue weighted by molar-refractivity contribution is -0.00273. The molecule has 0 aromatic heterocycles. The molecule has 6 heteroatoms. The standard InChI is InChI=1S/C31H34BF3O2/c1-2-3-4-5-6-7-25-14-12-24(19-36-25)26-15-13-23(18-28(26)33)21-8-10-22(11-9-21)27-16-17-29(37-20-32)31(35)30(27)34/h8-11,13,15-18,24-25H,2-7,12,14,19-20H2,1H3. The minimum absolute atomic E-state index is 0.0665. The van der Waals surface area contributed by atoms with Gasteiger partial charge in [-0.1, -0.05) is 75.4 Å². The average molecular weight is 506 g/mol. The highest BCUT2D eigenvalue weighted by Gasteiger charge is 2.25. The first-order valence-electron chi connectivity index (χ1n) is 13.3. The maximum atomic E-state index is 15.1. The van der Waals surface area contributed by atoms with Crippen molar-refractivity contribution in [2.24, 2.45) is 0 Å².